The smallest absolute Gasteiger partial charge is 0.321 e. The number of hydrogen-bond donors (Lipinski definition) is 0. The lowest BCUT2D eigenvalue weighted by Gasteiger charge is -2.17. The Morgan fingerprint density at radius 3 is 2.03 bits per heavy atom. The molecular formula is C23H20N4O2. The van der Waals surface area contributed by atoms with Gasteiger partial charge in [0.25, 0.3) is 0 Å². The van der Waals surface area contributed by atoms with Gasteiger partial charge >= 0.3 is 6.01 Å². The second-order valence-electron chi connectivity index (χ2n) is 7.47. The van der Waals surface area contributed by atoms with E-state index in [1.54, 1.807) is 19.3 Å². The molecule has 144 valence electrons. The Labute approximate surface area is 168 Å². The van der Waals surface area contributed by atoms with Gasteiger partial charge in [-0.2, -0.15) is 4.98 Å². The minimum atomic E-state index is 0.146. The van der Waals surface area contributed by atoms with Gasteiger partial charge in [-0.15, -0.1) is 0 Å². The van der Waals surface area contributed by atoms with Gasteiger partial charge in [0.1, 0.15) is 5.75 Å². The number of benzene rings is 2. The minimum absolute atomic E-state index is 0.146. The van der Waals surface area contributed by atoms with Crippen molar-refractivity contribution in [3.05, 3.63) is 83.5 Å². The third kappa shape index (κ3) is 3.38. The molecule has 2 aromatic carbocycles. The maximum Gasteiger partial charge on any atom is 0.321 e. The van der Waals surface area contributed by atoms with Gasteiger partial charge in [0, 0.05) is 24.7 Å². The molecule has 5 rings (SSSR count). The third-order valence-electron chi connectivity index (χ3n) is 5.38. The highest BCUT2D eigenvalue weighted by atomic mass is 16.5. The van der Waals surface area contributed by atoms with Gasteiger partial charge in [-0.05, 0) is 43.0 Å². The van der Waals surface area contributed by atoms with Crippen molar-refractivity contribution in [1.82, 2.24) is 20.1 Å². The molecule has 1 fully saturated rings. The quantitative estimate of drug-likeness (QED) is 0.481. The summed E-state index contributed by atoms with van der Waals surface area (Å²) in [5, 5.41) is 3.86. The summed E-state index contributed by atoms with van der Waals surface area (Å²) in [6.07, 6.45) is 5.60. The molecule has 1 aliphatic carbocycles. The van der Waals surface area contributed by atoms with Gasteiger partial charge in [0.05, 0.1) is 5.56 Å². The molecule has 6 heteroatoms. The highest BCUT2D eigenvalue weighted by Gasteiger charge is 2.45. The van der Waals surface area contributed by atoms with Gasteiger partial charge < -0.3 is 9.26 Å². The highest BCUT2D eigenvalue weighted by molar-refractivity contribution is 5.51. The first-order chi connectivity index (χ1) is 14.1. The summed E-state index contributed by atoms with van der Waals surface area (Å²) in [5.41, 5.74) is 4.81. The van der Waals surface area contributed by atoms with Crippen molar-refractivity contribution in [3.63, 3.8) is 0 Å². The molecule has 0 bridgehead atoms. The summed E-state index contributed by atoms with van der Waals surface area (Å²) in [4.78, 5) is 12.7. The molecule has 0 unspecified atom stereocenters. The molecular weight excluding hydrogens is 364 g/mol. The fourth-order valence-electron chi connectivity index (χ4n) is 3.59. The number of aromatic nitrogens is 4. The minimum Gasteiger partial charge on any atom is -0.424 e. The Morgan fingerprint density at radius 1 is 0.862 bits per heavy atom. The second-order valence-corrected chi connectivity index (χ2v) is 7.47. The first kappa shape index (κ1) is 17.6. The number of aryl methyl sites for hydroxylation is 2. The molecule has 1 saturated carbocycles. The largest absolute Gasteiger partial charge is 0.424 e. The molecule has 0 saturated heterocycles. The fraction of sp³-hybridized carbons (Fsp3) is 0.217. The van der Waals surface area contributed by atoms with Crippen LogP contribution in [0.2, 0.25) is 0 Å². The van der Waals surface area contributed by atoms with Crippen LogP contribution in [-0.2, 0) is 5.41 Å². The maximum atomic E-state index is 5.80. The van der Waals surface area contributed by atoms with Crippen LogP contribution in [-0.4, -0.2) is 20.1 Å². The summed E-state index contributed by atoms with van der Waals surface area (Å²) < 4.78 is 10.8. The Hall–Kier alpha value is -3.54. The lowest BCUT2D eigenvalue weighted by molar-refractivity contribution is 0.394. The van der Waals surface area contributed by atoms with Crippen LogP contribution in [0, 0.1) is 13.8 Å². The van der Waals surface area contributed by atoms with Gasteiger partial charge in [-0.25, -0.2) is 9.97 Å². The number of ether oxygens (including phenoxy) is 1. The Balaban J connectivity index is 1.31. The van der Waals surface area contributed by atoms with E-state index < -0.39 is 0 Å². The van der Waals surface area contributed by atoms with Gasteiger partial charge in [0.2, 0.25) is 11.7 Å². The van der Waals surface area contributed by atoms with Crippen molar-refractivity contribution in [3.8, 4) is 23.1 Å². The first-order valence-electron chi connectivity index (χ1n) is 9.61. The third-order valence-corrected chi connectivity index (χ3v) is 5.38. The zero-order chi connectivity index (χ0) is 19.8. The average Bonchev–Trinajstić information content (AvgIpc) is 3.44. The topological polar surface area (TPSA) is 73.9 Å². The van der Waals surface area contributed by atoms with Crippen LogP contribution in [0.25, 0.3) is 11.4 Å². The van der Waals surface area contributed by atoms with Gasteiger partial charge in [-0.1, -0.05) is 47.1 Å². The molecule has 2 aromatic heterocycles. The first-order valence-corrected chi connectivity index (χ1v) is 9.61. The fourth-order valence-corrected chi connectivity index (χ4v) is 3.59. The Morgan fingerprint density at radius 2 is 1.48 bits per heavy atom. The van der Waals surface area contributed by atoms with Crippen LogP contribution in [0.1, 0.15) is 35.4 Å². The highest BCUT2D eigenvalue weighted by Crippen LogP contribution is 2.53. The molecule has 1 aliphatic rings. The normalized spacial score (nSPS) is 14.6. The van der Waals surface area contributed by atoms with E-state index in [1.807, 2.05) is 12.1 Å². The molecule has 2 heterocycles. The van der Waals surface area contributed by atoms with Gasteiger partial charge in [-0.3, -0.25) is 0 Å². The Bertz CT molecular complexity index is 1130. The summed E-state index contributed by atoms with van der Waals surface area (Å²) in [5.74, 6) is 1.67. The van der Waals surface area contributed by atoms with Crippen LogP contribution < -0.4 is 4.74 Å². The van der Waals surface area contributed by atoms with Crippen LogP contribution in [0.5, 0.6) is 11.8 Å². The zero-order valence-electron chi connectivity index (χ0n) is 16.3. The van der Waals surface area contributed by atoms with Crippen molar-refractivity contribution in [2.24, 2.45) is 0 Å². The molecule has 4 aromatic rings. The molecule has 0 atom stereocenters. The van der Waals surface area contributed by atoms with Crippen LogP contribution >= 0.6 is 0 Å². The average molecular weight is 384 g/mol. The van der Waals surface area contributed by atoms with Crippen molar-refractivity contribution >= 4 is 0 Å². The number of nitrogens with zero attached hydrogens (tertiary/aromatic N) is 4. The molecule has 29 heavy (non-hydrogen) atoms. The molecule has 6 nitrogen and oxygen atoms in total. The van der Waals surface area contributed by atoms with Crippen molar-refractivity contribution in [1.29, 1.82) is 0 Å². The van der Waals surface area contributed by atoms with Crippen molar-refractivity contribution in [2.45, 2.75) is 32.1 Å². The summed E-state index contributed by atoms with van der Waals surface area (Å²) >= 11 is 0. The van der Waals surface area contributed by atoms with Crippen molar-refractivity contribution < 1.29 is 9.26 Å². The molecule has 0 amide bonds. The van der Waals surface area contributed by atoms with Gasteiger partial charge in [0.15, 0.2) is 0 Å². The maximum absolute atomic E-state index is 5.80. The molecule has 0 radical (unpaired) electrons. The predicted octanol–water partition coefficient (Wildman–Crippen LogP) is 5.02. The number of rotatable bonds is 5. The lowest BCUT2D eigenvalue weighted by Crippen LogP contribution is -2.08. The molecule has 0 aliphatic heterocycles. The van der Waals surface area contributed by atoms with Crippen molar-refractivity contribution in [2.75, 3.05) is 0 Å². The summed E-state index contributed by atoms with van der Waals surface area (Å²) in [7, 11) is 0. The number of hydrogen-bond acceptors (Lipinski definition) is 6. The molecule has 0 N–H and O–H groups in total. The van der Waals surface area contributed by atoms with E-state index >= 15 is 0 Å². The van der Waals surface area contributed by atoms with Crippen LogP contribution in [0.15, 0.2) is 65.4 Å². The lowest BCUT2D eigenvalue weighted by atomic mass is 9.88. The van der Waals surface area contributed by atoms with E-state index in [1.165, 1.54) is 29.5 Å². The SMILES string of the molecule is Cc1ccc(C2(c3ccc(Oc4ncc(-c5noc(C)n5)cn4)cc3)CC2)cc1. The second kappa shape index (κ2) is 6.81. The van der Waals surface area contributed by atoms with Crippen LogP contribution in [0.4, 0.5) is 0 Å². The monoisotopic (exact) mass is 384 g/mol. The standard InChI is InChI=1S/C23H20N4O2/c1-15-3-5-18(6-4-15)23(11-12-23)19-7-9-20(10-8-19)28-22-24-13-17(14-25-22)21-26-16(2)29-27-21/h3-10,13-14H,11-12H2,1-2H3. The molecule has 0 spiro atoms. The van der Waals surface area contributed by atoms with E-state index in [2.05, 4.69) is 63.4 Å². The Kier molecular flexibility index (Phi) is 4.12. The zero-order valence-corrected chi connectivity index (χ0v) is 16.3. The van der Waals surface area contributed by atoms with E-state index in [4.69, 9.17) is 9.26 Å². The summed E-state index contributed by atoms with van der Waals surface area (Å²) in [6, 6.07) is 17.4. The van der Waals surface area contributed by atoms with E-state index in [9.17, 15) is 0 Å². The predicted molar refractivity (Wildman–Crippen MR) is 108 cm³/mol. The van der Waals surface area contributed by atoms with Crippen LogP contribution in [0.3, 0.4) is 0 Å². The van der Waals surface area contributed by atoms with E-state index in [-0.39, 0.29) is 11.4 Å². The van der Waals surface area contributed by atoms with E-state index in [0.717, 1.165) is 0 Å². The summed E-state index contributed by atoms with van der Waals surface area (Å²) in [6.45, 7) is 3.86. The van der Waals surface area contributed by atoms with E-state index in [0.29, 0.717) is 23.0 Å².